The minimum atomic E-state index is -0.498. The van der Waals surface area contributed by atoms with Crippen LogP contribution in [0.5, 0.6) is 0 Å². The molecule has 0 fully saturated rings. The Hall–Kier alpha value is -4.41. The summed E-state index contributed by atoms with van der Waals surface area (Å²) in [6, 6.07) is 24.1. The first-order chi connectivity index (χ1) is 20.7. The summed E-state index contributed by atoms with van der Waals surface area (Å²) in [5.41, 5.74) is 5.45. The molecule has 0 radical (unpaired) electrons. The molecule has 2 atom stereocenters. The van der Waals surface area contributed by atoms with Gasteiger partial charge >= 0.3 is 0 Å². The highest BCUT2D eigenvalue weighted by molar-refractivity contribution is 5.97. The van der Waals surface area contributed by atoms with Gasteiger partial charge in [-0.05, 0) is 67.1 Å². The third kappa shape index (κ3) is 7.52. The number of aromatic amines is 1. The number of carbonyl (C=O) groups excluding carboxylic acids is 2. The van der Waals surface area contributed by atoms with Crippen molar-refractivity contribution in [3.63, 3.8) is 0 Å². The summed E-state index contributed by atoms with van der Waals surface area (Å²) in [5.74, 6) is 0.0688. The van der Waals surface area contributed by atoms with Gasteiger partial charge < -0.3 is 20.6 Å². The van der Waals surface area contributed by atoms with E-state index in [9.17, 15) is 14.7 Å². The van der Waals surface area contributed by atoms with Crippen molar-refractivity contribution >= 4 is 17.5 Å². The maximum atomic E-state index is 14.0. The standard InChI is InChI=1S/C33H39N7O3/c1-22(41)19-35-33(2,3)18-30(42)34-20-26-17-16-25-8-4-7-11-29(25)40(32(26)43)21-23-12-14-24(15-13-23)27-9-5-6-10-28(27)31-36-38-39-37-31/h4-15,22,26,35,41H,16-21H2,1-3H3,(H,34,42)(H,36,37,38,39)/t22-,26+/m1/s1. The van der Waals surface area contributed by atoms with Gasteiger partial charge in [0.1, 0.15) is 0 Å². The number of anilines is 1. The van der Waals surface area contributed by atoms with Crippen LogP contribution in [0.4, 0.5) is 5.69 Å². The van der Waals surface area contributed by atoms with Gasteiger partial charge in [-0.3, -0.25) is 9.59 Å². The number of β-amino-alcohol motifs (C(OH)–C–C–N with tert-alkyl or cyclic N) is 1. The number of amides is 2. The number of rotatable bonds is 11. The lowest BCUT2D eigenvalue weighted by Gasteiger charge is -2.28. The second-order valence-corrected chi connectivity index (χ2v) is 11.9. The molecule has 0 unspecified atom stereocenters. The van der Waals surface area contributed by atoms with Gasteiger partial charge in [0.25, 0.3) is 0 Å². The van der Waals surface area contributed by atoms with Crippen LogP contribution in [-0.4, -0.2) is 62.3 Å². The van der Waals surface area contributed by atoms with E-state index in [-0.39, 0.29) is 30.7 Å². The fraction of sp³-hybridized carbons (Fsp3) is 0.364. The lowest BCUT2D eigenvalue weighted by molar-refractivity contribution is -0.124. The molecule has 0 saturated carbocycles. The molecular formula is C33H39N7O3. The number of aliphatic hydroxyl groups is 1. The highest BCUT2D eigenvalue weighted by Crippen LogP contribution is 2.32. The average Bonchev–Trinajstić information content (AvgIpc) is 3.50. The Bertz CT molecular complexity index is 1530. The third-order valence-electron chi connectivity index (χ3n) is 7.80. The third-order valence-corrected chi connectivity index (χ3v) is 7.80. The second-order valence-electron chi connectivity index (χ2n) is 11.9. The van der Waals surface area contributed by atoms with Gasteiger partial charge in [0.15, 0.2) is 0 Å². The molecule has 1 aliphatic rings. The molecule has 3 aromatic carbocycles. The number of nitrogens with one attached hydrogen (secondary N) is 3. The van der Waals surface area contributed by atoms with Gasteiger partial charge in [-0.15, -0.1) is 10.2 Å². The lowest BCUT2D eigenvalue weighted by Crippen LogP contribution is -2.47. The van der Waals surface area contributed by atoms with E-state index in [2.05, 4.69) is 37.3 Å². The Labute approximate surface area is 251 Å². The van der Waals surface area contributed by atoms with Crippen LogP contribution in [0.2, 0.25) is 0 Å². The molecule has 0 saturated heterocycles. The van der Waals surface area contributed by atoms with Crippen LogP contribution in [0.25, 0.3) is 22.5 Å². The first kappa shape index (κ1) is 30.1. The van der Waals surface area contributed by atoms with Gasteiger partial charge in [0, 0.05) is 36.3 Å². The largest absolute Gasteiger partial charge is 0.392 e. The number of aryl methyl sites for hydroxylation is 1. The number of hydrogen-bond acceptors (Lipinski definition) is 7. The fourth-order valence-corrected chi connectivity index (χ4v) is 5.50. The number of fused-ring (bicyclic) bond motifs is 1. The van der Waals surface area contributed by atoms with Crippen molar-refractivity contribution in [3.05, 3.63) is 83.9 Å². The van der Waals surface area contributed by atoms with Crippen molar-refractivity contribution in [3.8, 4) is 22.5 Å². The number of benzene rings is 3. The Balaban J connectivity index is 1.30. The van der Waals surface area contributed by atoms with Crippen molar-refractivity contribution in [2.24, 2.45) is 5.92 Å². The van der Waals surface area contributed by atoms with E-state index >= 15 is 0 Å². The Morgan fingerprint density at radius 1 is 1.07 bits per heavy atom. The topological polar surface area (TPSA) is 136 Å². The predicted octanol–water partition coefficient (Wildman–Crippen LogP) is 3.88. The molecule has 4 aromatic rings. The van der Waals surface area contributed by atoms with Crippen LogP contribution in [0.1, 0.15) is 44.7 Å². The van der Waals surface area contributed by atoms with E-state index in [0.717, 1.165) is 39.9 Å². The Morgan fingerprint density at radius 3 is 2.51 bits per heavy atom. The minimum absolute atomic E-state index is 0.00303. The van der Waals surface area contributed by atoms with Crippen LogP contribution in [0.3, 0.4) is 0 Å². The average molecular weight is 582 g/mol. The van der Waals surface area contributed by atoms with Gasteiger partial charge in [0.2, 0.25) is 17.6 Å². The maximum absolute atomic E-state index is 14.0. The second kappa shape index (κ2) is 13.3. The molecule has 10 heteroatoms. The predicted molar refractivity (Wildman–Crippen MR) is 166 cm³/mol. The number of carbonyl (C=O) groups is 2. The Kier molecular flexibility index (Phi) is 9.27. The molecule has 0 bridgehead atoms. The van der Waals surface area contributed by atoms with E-state index in [1.807, 2.05) is 85.5 Å². The summed E-state index contributed by atoms with van der Waals surface area (Å²) in [5, 5.41) is 30.3. The molecule has 0 aliphatic carbocycles. The quantitative estimate of drug-likeness (QED) is 0.211. The van der Waals surface area contributed by atoms with E-state index < -0.39 is 11.6 Å². The molecule has 4 N–H and O–H groups in total. The molecule has 2 heterocycles. The Morgan fingerprint density at radius 2 is 1.79 bits per heavy atom. The summed E-state index contributed by atoms with van der Waals surface area (Å²) >= 11 is 0. The van der Waals surface area contributed by atoms with Gasteiger partial charge in [-0.2, -0.15) is 5.21 Å². The minimum Gasteiger partial charge on any atom is -0.392 e. The molecule has 0 spiro atoms. The highest BCUT2D eigenvalue weighted by atomic mass is 16.3. The van der Waals surface area contributed by atoms with Gasteiger partial charge in [0.05, 0.1) is 18.6 Å². The molecule has 1 aromatic heterocycles. The number of H-pyrrole nitrogens is 1. The van der Waals surface area contributed by atoms with Crippen molar-refractivity contribution in [1.82, 2.24) is 31.3 Å². The van der Waals surface area contributed by atoms with Crippen LogP contribution in [0, 0.1) is 5.92 Å². The summed E-state index contributed by atoms with van der Waals surface area (Å²) in [6.45, 7) is 6.67. The summed E-state index contributed by atoms with van der Waals surface area (Å²) in [6.07, 6.45) is 1.16. The monoisotopic (exact) mass is 581 g/mol. The van der Waals surface area contributed by atoms with Crippen molar-refractivity contribution < 1.29 is 14.7 Å². The van der Waals surface area contributed by atoms with E-state index in [1.54, 1.807) is 6.92 Å². The maximum Gasteiger partial charge on any atom is 0.232 e. The number of tetrazole rings is 1. The smallest absolute Gasteiger partial charge is 0.232 e. The van der Waals surface area contributed by atoms with Crippen LogP contribution in [-0.2, 0) is 22.6 Å². The first-order valence-electron chi connectivity index (χ1n) is 14.7. The molecule has 43 heavy (non-hydrogen) atoms. The van der Waals surface area contributed by atoms with E-state index in [0.29, 0.717) is 25.3 Å². The zero-order chi connectivity index (χ0) is 30.4. The van der Waals surface area contributed by atoms with Crippen molar-refractivity contribution in [2.45, 2.75) is 58.2 Å². The molecular weight excluding hydrogens is 542 g/mol. The number of nitrogens with zero attached hydrogens (tertiary/aromatic N) is 4. The SMILES string of the molecule is C[C@@H](O)CNC(C)(C)CC(=O)NC[C@@H]1CCc2ccccc2N(Cc2ccc(-c3ccccc3-c3nn[nH]n3)cc2)C1=O. The number of hydrogen-bond donors (Lipinski definition) is 4. The van der Waals surface area contributed by atoms with Crippen LogP contribution < -0.4 is 15.5 Å². The lowest BCUT2D eigenvalue weighted by atomic mass is 9.98. The zero-order valence-corrected chi connectivity index (χ0v) is 24.9. The van der Waals surface area contributed by atoms with Crippen LogP contribution in [0.15, 0.2) is 72.8 Å². The first-order valence-corrected chi connectivity index (χ1v) is 14.7. The number of aromatic nitrogens is 4. The summed E-state index contributed by atoms with van der Waals surface area (Å²) in [4.78, 5) is 28.6. The molecule has 1 aliphatic heterocycles. The molecule has 10 nitrogen and oxygen atoms in total. The zero-order valence-electron chi connectivity index (χ0n) is 24.9. The number of para-hydroxylation sites is 1. The van der Waals surface area contributed by atoms with Gasteiger partial charge in [-0.25, -0.2) is 0 Å². The van der Waals surface area contributed by atoms with E-state index in [4.69, 9.17) is 0 Å². The normalized spacial score (nSPS) is 16.0. The van der Waals surface area contributed by atoms with Crippen molar-refractivity contribution in [1.29, 1.82) is 0 Å². The molecule has 2 amide bonds. The molecule has 5 rings (SSSR count). The number of aliphatic hydroxyl groups excluding tert-OH is 1. The fourth-order valence-electron chi connectivity index (χ4n) is 5.50. The summed E-state index contributed by atoms with van der Waals surface area (Å²) < 4.78 is 0. The van der Waals surface area contributed by atoms with Crippen molar-refractivity contribution in [2.75, 3.05) is 18.0 Å². The van der Waals surface area contributed by atoms with Gasteiger partial charge in [-0.1, -0.05) is 66.7 Å². The highest BCUT2D eigenvalue weighted by Gasteiger charge is 2.31. The van der Waals surface area contributed by atoms with Crippen LogP contribution >= 0.6 is 0 Å². The molecule has 224 valence electrons. The summed E-state index contributed by atoms with van der Waals surface area (Å²) in [7, 11) is 0. The van der Waals surface area contributed by atoms with E-state index in [1.165, 1.54) is 0 Å².